The minimum absolute atomic E-state index is 0.0148. The Morgan fingerprint density at radius 1 is 1.05 bits per heavy atom. The van der Waals surface area contributed by atoms with Crippen molar-refractivity contribution in [2.24, 2.45) is 17.8 Å². The molecule has 3 heterocycles. The quantitative estimate of drug-likeness (QED) is 0.392. The normalized spacial score (nSPS) is 16.7. The van der Waals surface area contributed by atoms with Crippen LogP contribution in [0.5, 0.6) is 0 Å². The van der Waals surface area contributed by atoms with Crippen LogP contribution in [0.4, 0.5) is 18.9 Å². The third-order valence-corrected chi connectivity index (χ3v) is 7.04. The highest BCUT2D eigenvalue weighted by atomic mass is 19.4. The van der Waals surface area contributed by atoms with Crippen molar-refractivity contribution >= 4 is 17.5 Å². The summed E-state index contributed by atoms with van der Waals surface area (Å²) in [5, 5.41) is 18.0. The summed E-state index contributed by atoms with van der Waals surface area (Å²) in [5.41, 5.74) is 1.12. The van der Waals surface area contributed by atoms with Gasteiger partial charge in [0.15, 0.2) is 0 Å². The van der Waals surface area contributed by atoms with Crippen molar-refractivity contribution in [3.8, 4) is 0 Å². The predicted octanol–water partition coefficient (Wildman–Crippen LogP) is 3.64. The van der Waals surface area contributed by atoms with Crippen LogP contribution in [0.15, 0.2) is 36.9 Å². The van der Waals surface area contributed by atoms with Crippen LogP contribution >= 0.6 is 0 Å². The van der Waals surface area contributed by atoms with Gasteiger partial charge in [0.2, 0.25) is 5.91 Å². The Kier molecular flexibility index (Phi) is 7.01. The lowest BCUT2D eigenvalue weighted by molar-refractivity contribution is -0.143. The molecule has 0 bridgehead atoms. The van der Waals surface area contributed by atoms with Crippen molar-refractivity contribution in [3.05, 3.63) is 48.3 Å². The van der Waals surface area contributed by atoms with Gasteiger partial charge >= 0.3 is 6.18 Å². The largest absolute Gasteiger partial charge is 0.408 e. The Bertz CT molecular complexity index is 1270. The van der Waals surface area contributed by atoms with E-state index in [4.69, 9.17) is 0 Å². The van der Waals surface area contributed by atoms with Crippen LogP contribution in [0.25, 0.3) is 0 Å². The summed E-state index contributed by atoms with van der Waals surface area (Å²) in [6.07, 6.45) is 5.62. The van der Waals surface area contributed by atoms with Crippen molar-refractivity contribution in [3.63, 3.8) is 0 Å². The van der Waals surface area contributed by atoms with Gasteiger partial charge in [-0.3, -0.25) is 23.6 Å². The minimum Gasteiger partial charge on any atom is -0.339 e. The van der Waals surface area contributed by atoms with E-state index < -0.39 is 18.8 Å². The Morgan fingerprint density at radius 3 is 2.37 bits per heavy atom. The lowest BCUT2D eigenvalue weighted by Gasteiger charge is -2.27. The average molecular weight is 533 g/mol. The summed E-state index contributed by atoms with van der Waals surface area (Å²) in [4.78, 5) is 26.8. The van der Waals surface area contributed by atoms with Gasteiger partial charge in [0.25, 0.3) is 5.91 Å². The second-order valence-electron chi connectivity index (χ2n) is 10.5. The van der Waals surface area contributed by atoms with Crippen molar-refractivity contribution in [1.82, 2.24) is 34.7 Å². The van der Waals surface area contributed by atoms with E-state index in [0.29, 0.717) is 28.9 Å². The maximum absolute atomic E-state index is 13.6. The highest BCUT2D eigenvalue weighted by molar-refractivity contribution is 6.00. The van der Waals surface area contributed by atoms with Gasteiger partial charge in [0, 0.05) is 24.6 Å². The van der Waals surface area contributed by atoms with Crippen molar-refractivity contribution in [2.75, 3.05) is 5.32 Å². The molecule has 5 rings (SSSR count). The van der Waals surface area contributed by atoms with E-state index in [1.807, 2.05) is 13.8 Å². The molecule has 2 N–H and O–H groups in total. The number of nitrogens with zero attached hydrogens (tertiary/aromatic N) is 6. The second-order valence-corrected chi connectivity index (χ2v) is 10.5. The van der Waals surface area contributed by atoms with Gasteiger partial charge in [0.1, 0.15) is 18.3 Å². The van der Waals surface area contributed by atoms with Crippen LogP contribution in [0, 0.1) is 17.8 Å². The first kappa shape index (κ1) is 26.0. The highest BCUT2D eigenvalue weighted by Gasteiger charge is 2.48. The Morgan fingerprint density at radius 2 is 1.74 bits per heavy atom. The van der Waals surface area contributed by atoms with Crippen molar-refractivity contribution < 1.29 is 22.8 Å². The summed E-state index contributed by atoms with van der Waals surface area (Å²) in [6.45, 7) is 2.72. The summed E-state index contributed by atoms with van der Waals surface area (Å²) in [7, 11) is 0. The number of halogens is 3. The van der Waals surface area contributed by atoms with Gasteiger partial charge in [-0.15, -0.1) is 0 Å². The summed E-state index contributed by atoms with van der Waals surface area (Å²) in [5.74, 6) is 0.146. The van der Waals surface area contributed by atoms with E-state index in [-0.39, 0.29) is 30.3 Å². The number of hydrogen-bond donors (Lipinski definition) is 2. The van der Waals surface area contributed by atoms with Crippen LogP contribution < -0.4 is 10.6 Å². The van der Waals surface area contributed by atoms with E-state index in [1.165, 1.54) is 23.1 Å². The Hall–Kier alpha value is -3.64. The maximum atomic E-state index is 13.6. The smallest absolute Gasteiger partial charge is 0.339 e. The number of hydrogen-bond acceptors (Lipinski definition) is 5. The monoisotopic (exact) mass is 532 g/mol. The first-order valence-electron chi connectivity index (χ1n) is 12.8. The fraction of sp³-hybridized carbons (Fsp3) is 0.560. The summed E-state index contributed by atoms with van der Waals surface area (Å²) >= 11 is 0. The third kappa shape index (κ3) is 6.08. The molecule has 2 aliphatic carbocycles. The van der Waals surface area contributed by atoms with Gasteiger partial charge in [-0.2, -0.15) is 28.5 Å². The zero-order valence-electron chi connectivity index (χ0n) is 21.2. The first-order valence-corrected chi connectivity index (χ1v) is 12.8. The molecule has 204 valence electrons. The number of aromatic nitrogens is 6. The van der Waals surface area contributed by atoms with Gasteiger partial charge in [0.05, 0.1) is 24.1 Å². The highest BCUT2D eigenvalue weighted by Crippen LogP contribution is 2.51. The van der Waals surface area contributed by atoms with Crippen LogP contribution in [0.1, 0.15) is 61.8 Å². The molecule has 0 unspecified atom stereocenters. The number of rotatable bonds is 11. The van der Waals surface area contributed by atoms with Gasteiger partial charge in [-0.05, 0) is 69.4 Å². The van der Waals surface area contributed by atoms with E-state index in [1.54, 1.807) is 23.1 Å². The molecule has 2 fully saturated rings. The second kappa shape index (κ2) is 10.3. The Labute approximate surface area is 217 Å². The molecule has 38 heavy (non-hydrogen) atoms. The fourth-order valence-corrected chi connectivity index (χ4v) is 5.06. The first-order chi connectivity index (χ1) is 18.1. The van der Waals surface area contributed by atoms with Gasteiger partial charge in [-0.1, -0.05) is 0 Å². The maximum Gasteiger partial charge on any atom is 0.408 e. The van der Waals surface area contributed by atoms with E-state index in [2.05, 4.69) is 25.9 Å². The number of carbonyl (C=O) groups excluding carboxylic acids is 2. The molecule has 13 heteroatoms. The van der Waals surface area contributed by atoms with E-state index in [9.17, 15) is 22.8 Å². The summed E-state index contributed by atoms with van der Waals surface area (Å²) in [6, 6.07) is 2.39. The standard InChI is InChI=1S/C25H31F3N8O2/c1-15(2)36-20(8-10-30-36)23(37)33-22(21(16-3-4-16)17-5-6-17)24(38)32-18-11-31-34(12-18)13-19-7-9-29-35(19)14-25(26,27)28/h7-12,15-17,21-22H,3-6,13-14H2,1-2H3,(H,32,38)(H,33,37)/t22-/m0/s1. The van der Waals surface area contributed by atoms with Crippen LogP contribution in [-0.4, -0.2) is 53.4 Å². The number of amides is 2. The summed E-state index contributed by atoms with van der Waals surface area (Å²) < 4.78 is 42.4. The molecule has 0 aromatic carbocycles. The van der Waals surface area contributed by atoms with E-state index in [0.717, 1.165) is 30.4 Å². The third-order valence-electron chi connectivity index (χ3n) is 7.04. The van der Waals surface area contributed by atoms with E-state index >= 15 is 0 Å². The molecule has 2 aliphatic rings. The average Bonchev–Trinajstić information content (AvgIpc) is 3.71. The molecular formula is C25H31F3N8O2. The molecule has 3 aromatic rings. The van der Waals surface area contributed by atoms with Gasteiger partial charge < -0.3 is 10.6 Å². The topological polar surface area (TPSA) is 112 Å². The van der Waals surface area contributed by atoms with Crippen LogP contribution in [0.3, 0.4) is 0 Å². The van der Waals surface area contributed by atoms with Crippen molar-refractivity contribution in [2.45, 2.75) is 70.9 Å². The lowest BCUT2D eigenvalue weighted by Crippen LogP contribution is -2.50. The number of alkyl halides is 3. The molecule has 3 aromatic heterocycles. The molecule has 0 saturated heterocycles. The molecule has 2 amide bonds. The Balaban J connectivity index is 1.30. The molecular weight excluding hydrogens is 501 g/mol. The number of carbonyl (C=O) groups is 2. The lowest BCUT2D eigenvalue weighted by atomic mass is 9.88. The molecule has 10 nitrogen and oxygen atoms in total. The number of nitrogens with one attached hydrogen (secondary N) is 2. The molecule has 0 radical (unpaired) electrons. The zero-order chi connectivity index (χ0) is 27.0. The zero-order valence-corrected chi connectivity index (χ0v) is 21.2. The molecule has 0 aliphatic heterocycles. The van der Waals surface area contributed by atoms with Crippen LogP contribution in [-0.2, 0) is 17.9 Å². The number of anilines is 1. The molecule has 2 saturated carbocycles. The SMILES string of the molecule is CC(C)n1nccc1C(=O)N[C@H](C(=O)Nc1cnn(Cc2ccnn2CC(F)(F)F)c1)C(C1CC1)C1CC1. The minimum atomic E-state index is -4.39. The molecule has 1 atom stereocenters. The van der Waals surface area contributed by atoms with Crippen LogP contribution in [0.2, 0.25) is 0 Å². The van der Waals surface area contributed by atoms with Crippen molar-refractivity contribution in [1.29, 1.82) is 0 Å². The fourth-order valence-electron chi connectivity index (χ4n) is 5.06. The predicted molar refractivity (Wildman–Crippen MR) is 131 cm³/mol. The molecule has 0 spiro atoms. The van der Waals surface area contributed by atoms with Gasteiger partial charge in [-0.25, -0.2) is 0 Å².